The third-order valence-corrected chi connectivity index (χ3v) is 5.72. The highest BCUT2D eigenvalue weighted by Crippen LogP contribution is 2.26. The van der Waals surface area contributed by atoms with Gasteiger partial charge in [0.15, 0.2) is 0 Å². The first-order valence-electron chi connectivity index (χ1n) is 6.11. The molecular weight excluding hydrogens is 280 g/mol. The number of hydrogen-bond acceptors (Lipinski definition) is 6. The number of nitrogens with one attached hydrogen (secondary N) is 1. The number of anilines is 2. The lowest BCUT2D eigenvalue weighted by molar-refractivity contribution is 0.0601. The SMILES string of the molecule is COC(=O)c1ccc(N)c(NCC2CSCCS2)c1. The second-order valence-corrected chi connectivity index (χ2v) is 6.80. The largest absolute Gasteiger partial charge is 0.465 e. The molecule has 1 fully saturated rings. The molecule has 0 amide bonds. The molecular formula is C13H18N2O2S2. The normalized spacial score (nSPS) is 18.9. The molecule has 0 aliphatic carbocycles. The quantitative estimate of drug-likeness (QED) is 0.657. The molecule has 6 heteroatoms. The summed E-state index contributed by atoms with van der Waals surface area (Å²) in [4.78, 5) is 11.5. The Hall–Kier alpha value is -1.01. The summed E-state index contributed by atoms with van der Waals surface area (Å²) in [5.41, 5.74) is 7.90. The molecule has 104 valence electrons. The maximum Gasteiger partial charge on any atom is 0.337 e. The lowest BCUT2D eigenvalue weighted by atomic mass is 10.1. The molecule has 1 atom stereocenters. The van der Waals surface area contributed by atoms with Crippen molar-refractivity contribution in [3.05, 3.63) is 23.8 Å². The van der Waals surface area contributed by atoms with Crippen LogP contribution >= 0.6 is 23.5 Å². The zero-order valence-corrected chi connectivity index (χ0v) is 12.5. The number of rotatable bonds is 4. The molecule has 1 unspecified atom stereocenters. The number of esters is 1. The lowest BCUT2D eigenvalue weighted by Crippen LogP contribution is -2.23. The Morgan fingerprint density at radius 2 is 2.37 bits per heavy atom. The van der Waals surface area contributed by atoms with Gasteiger partial charge in [0, 0.05) is 29.1 Å². The molecule has 1 heterocycles. The number of benzene rings is 1. The van der Waals surface area contributed by atoms with E-state index >= 15 is 0 Å². The van der Waals surface area contributed by atoms with E-state index in [0.717, 1.165) is 18.0 Å². The molecule has 4 nitrogen and oxygen atoms in total. The molecule has 1 aliphatic rings. The molecule has 2 rings (SSSR count). The zero-order valence-electron chi connectivity index (χ0n) is 10.8. The highest BCUT2D eigenvalue weighted by Gasteiger charge is 2.15. The fourth-order valence-electron chi connectivity index (χ4n) is 1.83. The first-order valence-corrected chi connectivity index (χ1v) is 8.32. The van der Waals surface area contributed by atoms with Gasteiger partial charge in [0.05, 0.1) is 24.0 Å². The maximum atomic E-state index is 11.5. The molecule has 0 radical (unpaired) electrons. The molecule has 0 bridgehead atoms. The third kappa shape index (κ3) is 3.98. The van der Waals surface area contributed by atoms with Crippen molar-refractivity contribution in [2.45, 2.75) is 5.25 Å². The Bertz CT molecular complexity index is 448. The van der Waals surface area contributed by atoms with Crippen LogP contribution in [0.25, 0.3) is 0 Å². The predicted molar refractivity (Wildman–Crippen MR) is 84.3 cm³/mol. The van der Waals surface area contributed by atoms with Crippen molar-refractivity contribution >= 4 is 40.9 Å². The van der Waals surface area contributed by atoms with Gasteiger partial charge in [-0.1, -0.05) is 0 Å². The number of thioether (sulfide) groups is 2. The van der Waals surface area contributed by atoms with E-state index in [1.54, 1.807) is 18.2 Å². The van der Waals surface area contributed by atoms with Crippen LogP contribution in [-0.2, 0) is 4.74 Å². The molecule has 0 spiro atoms. The summed E-state index contributed by atoms with van der Waals surface area (Å²) >= 11 is 3.98. The number of methoxy groups -OCH3 is 1. The van der Waals surface area contributed by atoms with Gasteiger partial charge in [-0.25, -0.2) is 4.79 Å². The second-order valence-electron chi connectivity index (χ2n) is 4.24. The standard InChI is InChI=1S/C13H18N2O2S2/c1-17-13(16)9-2-3-11(14)12(6-9)15-7-10-8-18-4-5-19-10/h2-3,6,10,15H,4-5,7-8,14H2,1H3. The minimum atomic E-state index is -0.342. The van der Waals surface area contributed by atoms with Gasteiger partial charge >= 0.3 is 5.97 Å². The zero-order chi connectivity index (χ0) is 13.7. The van der Waals surface area contributed by atoms with Crippen molar-refractivity contribution < 1.29 is 9.53 Å². The predicted octanol–water partition coefficient (Wildman–Crippen LogP) is 2.32. The Morgan fingerprint density at radius 1 is 1.53 bits per heavy atom. The molecule has 1 aromatic rings. The summed E-state index contributed by atoms with van der Waals surface area (Å²) in [6.45, 7) is 0.868. The maximum absolute atomic E-state index is 11.5. The summed E-state index contributed by atoms with van der Waals surface area (Å²) < 4.78 is 4.71. The minimum absolute atomic E-state index is 0.342. The molecule has 1 aromatic carbocycles. The van der Waals surface area contributed by atoms with Gasteiger partial charge in [-0.15, -0.1) is 0 Å². The van der Waals surface area contributed by atoms with Gasteiger partial charge < -0.3 is 15.8 Å². The van der Waals surface area contributed by atoms with Gasteiger partial charge in [0.1, 0.15) is 0 Å². The summed E-state index contributed by atoms with van der Waals surface area (Å²) in [5.74, 6) is 3.26. The fraction of sp³-hybridized carbons (Fsp3) is 0.462. The van der Waals surface area contributed by atoms with E-state index in [2.05, 4.69) is 5.32 Å². The van der Waals surface area contributed by atoms with Crippen LogP contribution in [0.1, 0.15) is 10.4 Å². The van der Waals surface area contributed by atoms with Crippen molar-refractivity contribution in [2.75, 3.05) is 42.0 Å². The second kappa shape index (κ2) is 6.96. The Labute approximate surface area is 121 Å². The van der Waals surface area contributed by atoms with Crippen LogP contribution in [0.2, 0.25) is 0 Å². The van der Waals surface area contributed by atoms with Crippen molar-refractivity contribution in [2.24, 2.45) is 0 Å². The van der Waals surface area contributed by atoms with E-state index in [4.69, 9.17) is 10.5 Å². The van der Waals surface area contributed by atoms with Crippen molar-refractivity contribution in [3.8, 4) is 0 Å². The Balaban J connectivity index is 2.00. The summed E-state index contributed by atoms with van der Waals surface area (Å²) in [5, 5.41) is 3.93. The Kier molecular flexibility index (Phi) is 5.27. The summed E-state index contributed by atoms with van der Waals surface area (Å²) in [6.07, 6.45) is 0. The van der Waals surface area contributed by atoms with Crippen LogP contribution < -0.4 is 11.1 Å². The van der Waals surface area contributed by atoms with E-state index in [1.165, 1.54) is 18.6 Å². The van der Waals surface area contributed by atoms with Crippen molar-refractivity contribution in [3.63, 3.8) is 0 Å². The van der Waals surface area contributed by atoms with Crippen LogP contribution in [0, 0.1) is 0 Å². The van der Waals surface area contributed by atoms with Gasteiger partial charge in [0.25, 0.3) is 0 Å². The van der Waals surface area contributed by atoms with E-state index in [1.807, 2.05) is 23.5 Å². The van der Waals surface area contributed by atoms with Crippen molar-refractivity contribution in [1.82, 2.24) is 0 Å². The van der Waals surface area contributed by atoms with Gasteiger partial charge in [0.2, 0.25) is 0 Å². The molecule has 1 saturated heterocycles. The average molecular weight is 298 g/mol. The molecule has 3 N–H and O–H groups in total. The van der Waals surface area contributed by atoms with Gasteiger partial charge in [-0.2, -0.15) is 23.5 Å². The van der Waals surface area contributed by atoms with Gasteiger partial charge in [-0.3, -0.25) is 0 Å². The van der Waals surface area contributed by atoms with Crippen LogP contribution in [0.3, 0.4) is 0 Å². The number of nitrogens with two attached hydrogens (primary N) is 1. The number of ether oxygens (including phenoxy) is 1. The number of carbonyl (C=O) groups is 1. The van der Waals surface area contributed by atoms with Crippen LogP contribution in [-0.4, -0.2) is 42.1 Å². The van der Waals surface area contributed by atoms with Crippen LogP contribution in [0.5, 0.6) is 0 Å². The number of hydrogen-bond donors (Lipinski definition) is 2. The van der Waals surface area contributed by atoms with E-state index in [-0.39, 0.29) is 5.97 Å². The van der Waals surface area contributed by atoms with Gasteiger partial charge in [-0.05, 0) is 18.2 Å². The Morgan fingerprint density at radius 3 is 3.05 bits per heavy atom. The first-order chi connectivity index (χ1) is 9.20. The van der Waals surface area contributed by atoms with Crippen LogP contribution in [0.4, 0.5) is 11.4 Å². The third-order valence-electron chi connectivity index (χ3n) is 2.88. The highest BCUT2D eigenvalue weighted by molar-refractivity contribution is 8.06. The average Bonchev–Trinajstić information content (AvgIpc) is 2.46. The smallest absolute Gasteiger partial charge is 0.337 e. The lowest BCUT2D eigenvalue weighted by Gasteiger charge is -2.22. The van der Waals surface area contributed by atoms with Crippen LogP contribution in [0.15, 0.2) is 18.2 Å². The molecule has 1 aliphatic heterocycles. The first kappa shape index (κ1) is 14.4. The topological polar surface area (TPSA) is 64.3 Å². The highest BCUT2D eigenvalue weighted by atomic mass is 32.2. The summed E-state index contributed by atoms with van der Waals surface area (Å²) in [6, 6.07) is 5.16. The summed E-state index contributed by atoms with van der Waals surface area (Å²) in [7, 11) is 1.38. The fourth-order valence-corrected chi connectivity index (χ4v) is 4.44. The number of carbonyl (C=O) groups excluding carboxylic acids is 1. The van der Waals surface area contributed by atoms with E-state index in [9.17, 15) is 4.79 Å². The monoisotopic (exact) mass is 298 g/mol. The van der Waals surface area contributed by atoms with E-state index < -0.39 is 0 Å². The van der Waals surface area contributed by atoms with Crippen molar-refractivity contribution in [1.29, 1.82) is 0 Å². The molecule has 0 saturated carbocycles. The van der Waals surface area contributed by atoms with E-state index in [0.29, 0.717) is 16.5 Å². The minimum Gasteiger partial charge on any atom is -0.465 e. The molecule has 19 heavy (non-hydrogen) atoms. The number of nitrogen functional groups attached to an aromatic ring is 1. The molecule has 0 aromatic heterocycles.